The van der Waals surface area contributed by atoms with Crippen molar-refractivity contribution < 1.29 is 37.7 Å². The normalized spacial score (nSPS) is 19.3. The number of nitrogens with zero attached hydrogens (tertiary/aromatic N) is 3. The monoisotopic (exact) mass is 623 g/mol. The Kier molecular flexibility index (Phi) is 10.3. The van der Waals surface area contributed by atoms with E-state index >= 15 is 0 Å². The molecule has 1 unspecified atom stereocenters. The van der Waals surface area contributed by atoms with Crippen molar-refractivity contribution in [1.29, 1.82) is 0 Å². The summed E-state index contributed by atoms with van der Waals surface area (Å²) in [7, 11) is 1.53. The van der Waals surface area contributed by atoms with Gasteiger partial charge in [0, 0.05) is 36.7 Å². The number of carbonyl (C=O) groups is 2. The number of aryl methyl sites for hydroxylation is 2. The van der Waals surface area contributed by atoms with Gasteiger partial charge in [-0.05, 0) is 67.6 Å². The molecular weight excluding hydrogens is 581 g/mol. The van der Waals surface area contributed by atoms with E-state index in [1.165, 1.54) is 19.4 Å². The molecule has 1 N–H and O–H groups in total. The van der Waals surface area contributed by atoms with Crippen LogP contribution in [-0.4, -0.2) is 65.9 Å². The number of hydrogen-bond donors (Lipinski definition) is 1. The maximum atomic E-state index is 14.4. The van der Waals surface area contributed by atoms with Gasteiger partial charge < -0.3 is 28.6 Å². The highest BCUT2D eigenvalue weighted by atomic mass is 19.1. The van der Waals surface area contributed by atoms with Crippen LogP contribution in [-0.2, 0) is 16.0 Å². The number of likely N-dealkylation sites (tertiary alicyclic amines) is 1. The second-order valence-electron chi connectivity index (χ2n) is 11.8. The Morgan fingerprint density at radius 3 is 2.60 bits per heavy atom. The molecule has 3 aromatic rings. The highest BCUT2D eigenvalue weighted by Crippen LogP contribution is 2.47. The average molecular weight is 624 g/mol. The number of benzene rings is 2. The van der Waals surface area contributed by atoms with Gasteiger partial charge in [0.2, 0.25) is 18.4 Å². The first-order valence-electron chi connectivity index (χ1n) is 15.7. The van der Waals surface area contributed by atoms with Crippen molar-refractivity contribution >= 4 is 17.6 Å². The molecular formula is C34H42FN3O7. The minimum Gasteiger partial charge on any atom is -0.493 e. The maximum absolute atomic E-state index is 14.4. The molecule has 1 aromatic heterocycles. The predicted molar refractivity (Wildman–Crippen MR) is 165 cm³/mol. The van der Waals surface area contributed by atoms with Crippen LogP contribution >= 0.6 is 0 Å². The number of aromatic nitrogens is 1. The smallest absolute Gasteiger partial charge is 0.308 e. The predicted octanol–water partition coefficient (Wildman–Crippen LogP) is 5.96. The Morgan fingerprint density at radius 1 is 1.18 bits per heavy atom. The fourth-order valence-corrected chi connectivity index (χ4v) is 6.86. The molecule has 2 aromatic carbocycles. The van der Waals surface area contributed by atoms with Gasteiger partial charge in [0.25, 0.3) is 0 Å². The number of rotatable bonds is 14. The third-order valence-electron chi connectivity index (χ3n) is 8.92. The van der Waals surface area contributed by atoms with Crippen molar-refractivity contribution in [1.82, 2.24) is 9.88 Å². The minimum absolute atomic E-state index is 0.00142. The molecule has 0 radical (unpaired) electrons. The summed E-state index contributed by atoms with van der Waals surface area (Å²) in [6, 6.07) is 7.83. The average Bonchev–Trinajstić information content (AvgIpc) is 3.78. The molecule has 5 rings (SSSR count). The largest absolute Gasteiger partial charge is 0.493 e. The molecule has 1 saturated heterocycles. The van der Waals surface area contributed by atoms with Crippen LogP contribution in [0, 0.1) is 18.7 Å². The lowest BCUT2D eigenvalue weighted by Crippen LogP contribution is -2.48. The lowest BCUT2D eigenvalue weighted by molar-refractivity contribution is -0.143. The summed E-state index contributed by atoms with van der Waals surface area (Å²) in [5, 5.41) is 10.6. The van der Waals surface area contributed by atoms with E-state index in [4.69, 9.17) is 18.6 Å². The third kappa shape index (κ3) is 6.93. The van der Waals surface area contributed by atoms with Gasteiger partial charge in [-0.3, -0.25) is 14.5 Å². The first-order chi connectivity index (χ1) is 21.7. The summed E-state index contributed by atoms with van der Waals surface area (Å²) in [6.07, 6.45) is 7.24. The summed E-state index contributed by atoms with van der Waals surface area (Å²) in [5.74, 6) is -0.764. The molecule has 2 aliphatic heterocycles. The van der Waals surface area contributed by atoms with E-state index < -0.39 is 23.8 Å². The van der Waals surface area contributed by atoms with Crippen LogP contribution in [0.4, 0.5) is 10.1 Å². The van der Waals surface area contributed by atoms with Gasteiger partial charge in [0.05, 0.1) is 25.8 Å². The Labute approximate surface area is 263 Å². The van der Waals surface area contributed by atoms with Crippen LogP contribution in [0.3, 0.4) is 0 Å². The number of methoxy groups -OCH3 is 1. The van der Waals surface area contributed by atoms with Gasteiger partial charge in [0.1, 0.15) is 12.1 Å². The summed E-state index contributed by atoms with van der Waals surface area (Å²) >= 11 is 0. The highest BCUT2D eigenvalue weighted by molar-refractivity contribution is 5.95. The molecule has 0 saturated carbocycles. The van der Waals surface area contributed by atoms with Crippen LogP contribution in [0.1, 0.15) is 68.9 Å². The number of carboxylic acid groups (broad SMARTS) is 1. The van der Waals surface area contributed by atoms with Crippen molar-refractivity contribution in [2.45, 2.75) is 77.3 Å². The zero-order valence-corrected chi connectivity index (χ0v) is 26.3. The molecule has 3 atom stereocenters. The van der Waals surface area contributed by atoms with Crippen molar-refractivity contribution in [3.8, 4) is 17.2 Å². The molecule has 0 spiro atoms. The van der Waals surface area contributed by atoms with Crippen LogP contribution < -0.4 is 19.1 Å². The Bertz CT molecular complexity index is 1470. The second kappa shape index (κ2) is 14.3. The van der Waals surface area contributed by atoms with E-state index in [1.54, 1.807) is 36.2 Å². The minimum atomic E-state index is -0.954. The molecule has 0 aliphatic carbocycles. The van der Waals surface area contributed by atoms with Gasteiger partial charge in [-0.25, -0.2) is 9.37 Å². The molecule has 0 bridgehead atoms. The number of oxazole rings is 1. The molecule has 242 valence electrons. The van der Waals surface area contributed by atoms with Crippen molar-refractivity contribution in [3.05, 3.63) is 65.6 Å². The molecule has 10 nitrogen and oxygen atoms in total. The van der Waals surface area contributed by atoms with Crippen molar-refractivity contribution in [2.24, 2.45) is 5.92 Å². The van der Waals surface area contributed by atoms with Gasteiger partial charge in [-0.15, -0.1) is 0 Å². The number of aliphatic carboxylic acids is 1. The van der Waals surface area contributed by atoms with Gasteiger partial charge in [-0.2, -0.15) is 0 Å². The quantitative estimate of drug-likeness (QED) is 0.232. The lowest BCUT2D eigenvalue weighted by Gasteiger charge is -2.35. The van der Waals surface area contributed by atoms with Gasteiger partial charge >= 0.3 is 5.97 Å². The van der Waals surface area contributed by atoms with E-state index in [0.717, 1.165) is 31.2 Å². The number of halogens is 1. The number of carbonyl (C=O) groups excluding carboxylic acids is 1. The number of ether oxygens (including phenoxy) is 3. The van der Waals surface area contributed by atoms with Crippen LogP contribution in [0.15, 0.2) is 47.2 Å². The van der Waals surface area contributed by atoms with Crippen LogP contribution in [0.5, 0.6) is 17.2 Å². The van der Waals surface area contributed by atoms with Crippen LogP contribution in [0.2, 0.25) is 0 Å². The van der Waals surface area contributed by atoms with Gasteiger partial charge in [0.15, 0.2) is 17.4 Å². The second-order valence-corrected chi connectivity index (χ2v) is 11.8. The highest BCUT2D eigenvalue weighted by Gasteiger charge is 2.48. The number of amides is 1. The lowest BCUT2D eigenvalue weighted by atomic mass is 9.83. The first-order valence-corrected chi connectivity index (χ1v) is 15.7. The van der Waals surface area contributed by atoms with Crippen LogP contribution in [0.25, 0.3) is 0 Å². The fraction of sp³-hybridized carbons (Fsp3) is 0.500. The molecule has 45 heavy (non-hydrogen) atoms. The summed E-state index contributed by atoms with van der Waals surface area (Å²) in [6.45, 7) is 6.24. The maximum Gasteiger partial charge on any atom is 0.308 e. The van der Waals surface area contributed by atoms with E-state index in [-0.39, 0.29) is 31.1 Å². The number of fused-ring (bicyclic) bond motifs is 1. The molecule has 3 heterocycles. The number of hydrogen-bond acceptors (Lipinski definition) is 8. The Morgan fingerprint density at radius 2 is 1.96 bits per heavy atom. The molecule has 1 fully saturated rings. The third-order valence-corrected chi connectivity index (χ3v) is 8.92. The zero-order chi connectivity index (χ0) is 32.1. The zero-order valence-electron chi connectivity index (χ0n) is 26.3. The number of carboxylic acids is 1. The van der Waals surface area contributed by atoms with E-state index in [9.17, 15) is 19.1 Å². The molecule has 1 amide bonds. The number of anilines is 1. The van der Waals surface area contributed by atoms with E-state index in [0.29, 0.717) is 53.8 Å². The fourth-order valence-electron chi connectivity index (χ4n) is 6.86. The van der Waals surface area contributed by atoms with E-state index in [1.807, 2.05) is 11.0 Å². The molecule has 2 aliphatic rings. The van der Waals surface area contributed by atoms with Gasteiger partial charge in [-0.1, -0.05) is 26.7 Å². The standard InChI is InChI=1S/C34H42FN3O7/c1-5-7-23(8-6-2)38(24-9-10-26(35)21(3)15-24)31(39)19-37-18-25(22-16-28(42-4)33-29(17-22)44-20-45-33)32(34(40)41)27(37)11-12-30-36-13-14-43-30/h9-10,13-17,23,25,27,32H,5-8,11-12,18-20H2,1-4H3,(H,40,41)/t25?,27-,32+/m1/s1. The van der Waals surface area contributed by atoms with Crippen molar-refractivity contribution in [2.75, 3.05) is 31.9 Å². The Hall–Kier alpha value is -4.12. The first kappa shape index (κ1) is 32.3. The summed E-state index contributed by atoms with van der Waals surface area (Å²) in [5.41, 5.74) is 1.85. The summed E-state index contributed by atoms with van der Waals surface area (Å²) in [4.78, 5) is 35.4. The van der Waals surface area contributed by atoms with E-state index in [2.05, 4.69) is 18.8 Å². The SMILES string of the molecule is CCCC(CCC)N(C(=O)CN1CC(c2cc(OC)c3c(c2)OCO3)[C@H](C(=O)O)[C@H]1CCc1ncco1)c1ccc(F)c(C)c1. The summed E-state index contributed by atoms with van der Waals surface area (Å²) < 4.78 is 36.5. The topological polar surface area (TPSA) is 115 Å². The molecule has 11 heteroatoms. The Balaban J connectivity index is 1.51. The van der Waals surface area contributed by atoms with Crippen molar-refractivity contribution in [3.63, 3.8) is 0 Å².